The van der Waals surface area contributed by atoms with E-state index in [-0.39, 0.29) is 41.6 Å². The van der Waals surface area contributed by atoms with Crippen LogP contribution in [0.3, 0.4) is 0 Å². The fraction of sp³-hybridized carbons (Fsp3) is 0.917. The molecule has 0 bridgehead atoms. The van der Waals surface area contributed by atoms with E-state index in [2.05, 4.69) is 0 Å². The van der Waals surface area contributed by atoms with E-state index in [4.69, 9.17) is 5.73 Å². The third-order valence-corrected chi connectivity index (χ3v) is 4.62. The molecule has 0 radical (unpaired) electrons. The summed E-state index contributed by atoms with van der Waals surface area (Å²) >= 11 is 0. The zero-order chi connectivity index (χ0) is 13.7. The quantitative estimate of drug-likeness (QED) is 0.755. The van der Waals surface area contributed by atoms with E-state index in [9.17, 15) is 13.2 Å². The van der Waals surface area contributed by atoms with Crippen LogP contribution in [0.2, 0.25) is 0 Å². The number of carbonyl (C=O) groups excluding carboxylic acids is 1. The van der Waals surface area contributed by atoms with Crippen LogP contribution < -0.4 is 5.73 Å². The fourth-order valence-corrected chi connectivity index (χ4v) is 2.70. The molecule has 1 atom stereocenters. The summed E-state index contributed by atoms with van der Waals surface area (Å²) in [6, 6.07) is -0.219. The molecule has 102 valence electrons. The average molecular weight is 263 g/mol. The minimum atomic E-state index is -3.06. The highest BCUT2D eigenvalue weighted by molar-refractivity contribution is 7.91. The highest BCUT2D eigenvalue weighted by atomic mass is 32.2. The number of Topliss-reactive ketones (excluding diaryl/α,β-unsaturated/α-hetero) is 1. The Kier molecular flexibility index (Phi) is 6.34. The highest BCUT2D eigenvalue weighted by Gasteiger charge is 2.23. The van der Waals surface area contributed by atoms with E-state index < -0.39 is 9.84 Å². The molecule has 17 heavy (non-hydrogen) atoms. The van der Waals surface area contributed by atoms with Crippen molar-refractivity contribution >= 4 is 15.6 Å². The van der Waals surface area contributed by atoms with Crippen LogP contribution in [-0.4, -0.2) is 31.7 Å². The molecule has 0 saturated heterocycles. The summed E-state index contributed by atoms with van der Waals surface area (Å²) < 4.78 is 22.9. The number of sulfone groups is 1. The smallest absolute Gasteiger partial charge is 0.150 e. The Labute approximate surface area is 105 Å². The topological polar surface area (TPSA) is 77.2 Å². The molecule has 0 aromatic rings. The lowest BCUT2D eigenvalue weighted by Crippen LogP contribution is -2.37. The van der Waals surface area contributed by atoms with Crippen molar-refractivity contribution in [1.82, 2.24) is 0 Å². The van der Waals surface area contributed by atoms with E-state index in [0.29, 0.717) is 6.42 Å². The maximum Gasteiger partial charge on any atom is 0.150 e. The molecule has 0 fully saturated rings. The summed E-state index contributed by atoms with van der Waals surface area (Å²) in [5.74, 6) is 0.0504. The average Bonchev–Trinajstić information content (AvgIpc) is 2.13. The Balaban J connectivity index is 4.13. The molecule has 5 heteroatoms. The Bertz CT molecular complexity index is 341. The molecule has 1 unspecified atom stereocenters. The Morgan fingerprint density at radius 1 is 1.24 bits per heavy atom. The molecule has 0 aliphatic rings. The Morgan fingerprint density at radius 2 is 1.76 bits per heavy atom. The van der Waals surface area contributed by atoms with Gasteiger partial charge in [-0.15, -0.1) is 0 Å². The highest BCUT2D eigenvalue weighted by Crippen LogP contribution is 2.20. The molecule has 0 heterocycles. The molecule has 0 aromatic carbocycles. The largest absolute Gasteiger partial charge is 0.327 e. The van der Waals surface area contributed by atoms with E-state index in [1.807, 2.05) is 27.7 Å². The molecule has 0 amide bonds. The van der Waals surface area contributed by atoms with Crippen LogP contribution in [0.15, 0.2) is 0 Å². The van der Waals surface area contributed by atoms with Gasteiger partial charge in [0.1, 0.15) is 5.78 Å². The van der Waals surface area contributed by atoms with E-state index in [1.54, 1.807) is 0 Å². The molecule has 4 nitrogen and oxygen atoms in total. The van der Waals surface area contributed by atoms with Crippen LogP contribution in [0.5, 0.6) is 0 Å². The van der Waals surface area contributed by atoms with Gasteiger partial charge in [0.05, 0.1) is 5.75 Å². The molecular weight excluding hydrogens is 238 g/mol. The van der Waals surface area contributed by atoms with Crippen molar-refractivity contribution in [2.24, 2.45) is 11.1 Å². The van der Waals surface area contributed by atoms with Gasteiger partial charge < -0.3 is 5.73 Å². The second-order valence-corrected chi connectivity index (χ2v) is 7.92. The van der Waals surface area contributed by atoms with Gasteiger partial charge in [-0.05, 0) is 11.8 Å². The first-order chi connectivity index (χ1) is 7.58. The predicted octanol–water partition coefficient (Wildman–Crippen LogP) is 1.53. The van der Waals surface area contributed by atoms with Crippen molar-refractivity contribution in [3.8, 4) is 0 Å². The minimum Gasteiger partial charge on any atom is -0.327 e. The van der Waals surface area contributed by atoms with Crippen LogP contribution in [0.25, 0.3) is 0 Å². The summed E-state index contributed by atoms with van der Waals surface area (Å²) in [4.78, 5) is 11.6. The van der Waals surface area contributed by atoms with Crippen LogP contribution in [0.1, 0.15) is 47.0 Å². The van der Waals surface area contributed by atoms with Crippen LogP contribution in [-0.2, 0) is 14.6 Å². The lowest BCUT2D eigenvalue weighted by Gasteiger charge is -2.26. The number of rotatable bonds is 7. The third kappa shape index (κ3) is 7.49. The molecule has 0 aromatic heterocycles. The number of hydrogen-bond donors (Lipinski definition) is 1. The second kappa shape index (κ2) is 6.50. The van der Waals surface area contributed by atoms with E-state index >= 15 is 0 Å². The van der Waals surface area contributed by atoms with E-state index in [0.717, 1.165) is 0 Å². The van der Waals surface area contributed by atoms with Crippen molar-refractivity contribution < 1.29 is 13.2 Å². The maximum absolute atomic E-state index is 11.6. The fourth-order valence-electron chi connectivity index (χ4n) is 1.34. The van der Waals surface area contributed by atoms with Gasteiger partial charge in [0.15, 0.2) is 9.84 Å². The van der Waals surface area contributed by atoms with Crippen molar-refractivity contribution in [2.45, 2.75) is 53.0 Å². The van der Waals surface area contributed by atoms with Gasteiger partial charge >= 0.3 is 0 Å². The van der Waals surface area contributed by atoms with Gasteiger partial charge in [-0.3, -0.25) is 4.79 Å². The molecular formula is C12H25NO3S. The van der Waals surface area contributed by atoms with Crippen molar-refractivity contribution in [3.05, 3.63) is 0 Å². The second-order valence-electron chi connectivity index (χ2n) is 5.62. The van der Waals surface area contributed by atoms with Gasteiger partial charge in [0.25, 0.3) is 0 Å². The molecule has 0 aliphatic carbocycles. The van der Waals surface area contributed by atoms with Crippen molar-refractivity contribution in [2.75, 3.05) is 11.5 Å². The van der Waals surface area contributed by atoms with Gasteiger partial charge in [-0.2, -0.15) is 0 Å². The first kappa shape index (κ1) is 16.6. The number of ketones is 1. The number of nitrogens with two attached hydrogens (primary N) is 1. The summed E-state index contributed by atoms with van der Waals surface area (Å²) in [5.41, 5.74) is 5.75. The molecule has 0 rings (SSSR count). The van der Waals surface area contributed by atoms with Crippen LogP contribution in [0.4, 0.5) is 0 Å². The Hall–Kier alpha value is -0.420. The predicted molar refractivity (Wildman–Crippen MR) is 70.6 cm³/mol. The number of carbonyl (C=O) groups is 1. The number of hydrogen-bond acceptors (Lipinski definition) is 4. The standard InChI is InChI=1S/C12H25NO3S/c1-5-7-17(15,16)8-6-10(14)9-11(13)12(2,3)4/h11H,5-9,13H2,1-4H3. The molecule has 2 N–H and O–H groups in total. The lowest BCUT2D eigenvalue weighted by atomic mass is 9.84. The maximum atomic E-state index is 11.6. The van der Waals surface area contributed by atoms with Gasteiger partial charge in [0.2, 0.25) is 0 Å². The zero-order valence-electron chi connectivity index (χ0n) is 11.3. The normalized spacial score (nSPS) is 14.6. The van der Waals surface area contributed by atoms with Crippen LogP contribution >= 0.6 is 0 Å². The monoisotopic (exact) mass is 263 g/mol. The third-order valence-electron chi connectivity index (χ3n) is 2.77. The summed E-state index contributed by atoms with van der Waals surface area (Å²) in [6.45, 7) is 7.73. The van der Waals surface area contributed by atoms with Crippen molar-refractivity contribution in [1.29, 1.82) is 0 Å². The first-order valence-electron chi connectivity index (χ1n) is 6.06. The minimum absolute atomic E-state index is 0.0451. The van der Waals surface area contributed by atoms with Gasteiger partial charge in [-0.25, -0.2) is 8.42 Å². The molecule has 0 spiro atoms. The van der Waals surface area contributed by atoms with Crippen LogP contribution in [0, 0.1) is 5.41 Å². The molecule has 0 aliphatic heterocycles. The van der Waals surface area contributed by atoms with E-state index in [1.165, 1.54) is 0 Å². The van der Waals surface area contributed by atoms with Gasteiger partial charge in [-0.1, -0.05) is 27.7 Å². The van der Waals surface area contributed by atoms with Gasteiger partial charge in [0, 0.05) is 24.6 Å². The van der Waals surface area contributed by atoms with Crippen molar-refractivity contribution in [3.63, 3.8) is 0 Å². The zero-order valence-corrected chi connectivity index (χ0v) is 12.1. The SMILES string of the molecule is CCCS(=O)(=O)CCC(=O)CC(N)C(C)(C)C. The summed E-state index contributed by atoms with van der Waals surface area (Å²) in [5, 5.41) is 0. The summed E-state index contributed by atoms with van der Waals surface area (Å²) in [6.07, 6.45) is 0.940. The first-order valence-corrected chi connectivity index (χ1v) is 7.88. The molecule has 0 saturated carbocycles. The summed E-state index contributed by atoms with van der Waals surface area (Å²) in [7, 11) is -3.06. The lowest BCUT2D eigenvalue weighted by molar-refractivity contribution is -0.119. The Morgan fingerprint density at radius 3 is 2.18 bits per heavy atom.